The highest BCUT2D eigenvalue weighted by Crippen LogP contribution is 2.36. The smallest absolute Gasteiger partial charge is 0.253 e. The van der Waals surface area contributed by atoms with Crippen molar-refractivity contribution in [3.8, 4) is 0 Å². The summed E-state index contributed by atoms with van der Waals surface area (Å²) in [5, 5.41) is 5.30. The first-order chi connectivity index (χ1) is 15.3. The van der Waals surface area contributed by atoms with Gasteiger partial charge < -0.3 is 4.90 Å². The van der Waals surface area contributed by atoms with E-state index in [0.29, 0.717) is 18.0 Å². The maximum Gasteiger partial charge on any atom is 0.253 e. The highest BCUT2D eigenvalue weighted by Gasteiger charge is 2.35. The van der Waals surface area contributed by atoms with Crippen molar-refractivity contribution < 1.29 is 13.2 Å². The number of carbonyl (C=O) groups is 1. The number of benzene rings is 1. The number of sulfonamides is 1. The Bertz CT molecular complexity index is 1320. The van der Waals surface area contributed by atoms with Crippen LogP contribution >= 0.6 is 34.3 Å². The van der Waals surface area contributed by atoms with E-state index in [2.05, 4.69) is 10.2 Å². The van der Waals surface area contributed by atoms with E-state index in [-0.39, 0.29) is 29.8 Å². The standard InChI is InChI=1S/C20H19ClN4O4S3/c21-13-5-4-12-8-19(31-16(12)9-13)32(28,29)25-7-6-24(18(26)11-25)10-17-22-20-14(23-27)2-1-3-15(20)30-17/h4-5,8-9,14H,1-3,6-7,10-11H2. The first kappa shape index (κ1) is 21.9. The largest absolute Gasteiger partial charge is 0.333 e. The van der Waals surface area contributed by atoms with Gasteiger partial charge >= 0.3 is 0 Å². The van der Waals surface area contributed by atoms with Crippen molar-refractivity contribution in [2.45, 2.75) is 36.1 Å². The minimum Gasteiger partial charge on any atom is -0.333 e. The van der Waals surface area contributed by atoms with Gasteiger partial charge in [-0.2, -0.15) is 9.21 Å². The molecule has 1 aliphatic heterocycles. The third-order valence-electron chi connectivity index (χ3n) is 5.76. The normalized spacial score (nSPS) is 20.0. The SMILES string of the molecule is O=NC1CCCc2sc(CN3CCN(S(=O)(=O)c4cc5ccc(Cl)cc5s4)CC3=O)nc21. The van der Waals surface area contributed by atoms with Gasteiger partial charge in [-0.05, 0) is 42.8 Å². The molecule has 3 aromatic rings. The lowest BCUT2D eigenvalue weighted by molar-refractivity contribution is -0.134. The van der Waals surface area contributed by atoms with Crippen LogP contribution in [0, 0.1) is 4.91 Å². The molecule has 12 heteroatoms. The maximum absolute atomic E-state index is 13.1. The summed E-state index contributed by atoms with van der Waals surface area (Å²) < 4.78 is 28.5. The van der Waals surface area contributed by atoms with Crippen LogP contribution in [0.2, 0.25) is 5.02 Å². The number of nitroso groups, excluding NO2 is 1. The van der Waals surface area contributed by atoms with Crippen LogP contribution in [0.15, 0.2) is 33.7 Å². The minimum absolute atomic E-state index is 0.205. The minimum atomic E-state index is -3.78. The number of carbonyl (C=O) groups excluding carboxylic acids is 1. The lowest BCUT2D eigenvalue weighted by Crippen LogP contribution is -2.51. The van der Waals surface area contributed by atoms with Crippen molar-refractivity contribution >= 4 is 60.3 Å². The molecule has 2 aromatic heterocycles. The fourth-order valence-corrected chi connectivity index (χ4v) is 8.47. The van der Waals surface area contributed by atoms with Crippen LogP contribution in [-0.4, -0.2) is 48.1 Å². The second kappa shape index (κ2) is 8.45. The molecular formula is C20H19ClN4O4S3. The molecule has 1 aliphatic carbocycles. The van der Waals surface area contributed by atoms with Gasteiger partial charge in [0.2, 0.25) is 5.91 Å². The highest BCUT2D eigenvalue weighted by atomic mass is 35.5. The van der Waals surface area contributed by atoms with Gasteiger partial charge in [0.05, 0.1) is 18.8 Å². The van der Waals surface area contributed by atoms with E-state index < -0.39 is 16.1 Å². The summed E-state index contributed by atoms with van der Waals surface area (Å²) in [7, 11) is -3.78. The zero-order valence-electron chi connectivity index (χ0n) is 16.9. The zero-order chi connectivity index (χ0) is 22.5. The molecule has 1 aromatic carbocycles. The second-order valence-electron chi connectivity index (χ2n) is 7.83. The van der Waals surface area contributed by atoms with Crippen molar-refractivity contribution in [3.05, 3.63) is 49.8 Å². The lowest BCUT2D eigenvalue weighted by atomic mass is 9.99. The molecule has 5 rings (SSSR count). The highest BCUT2D eigenvalue weighted by molar-refractivity contribution is 7.91. The summed E-state index contributed by atoms with van der Waals surface area (Å²) in [5.74, 6) is -0.262. The lowest BCUT2D eigenvalue weighted by Gasteiger charge is -2.32. The molecule has 0 bridgehead atoms. The van der Waals surface area contributed by atoms with E-state index in [1.807, 2.05) is 0 Å². The Morgan fingerprint density at radius 2 is 2.06 bits per heavy atom. The number of rotatable bonds is 5. The van der Waals surface area contributed by atoms with Gasteiger partial charge in [-0.15, -0.1) is 22.7 Å². The second-order valence-corrected chi connectivity index (χ2v) is 12.7. The van der Waals surface area contributed by atoms with Gasteiger partial charge in [-0.3, -0.25) is 4.79 Å². The molecule has 1 atom stereocenters. The van der Waals surface area contributed by atoms with Crippen molar-refractivity contribution in [2.24, 2.45) is 5.18 Å². The molecule has 1 fully saturated rings. The number of hydrogen-bond acceptors (Lipinski definition) is 8. The molecule has 168 valence electrons. The van der Waals surface area contributed by atoms with Gasteiger partial charge in [-0.1, -0.05) is 22.8 Å². The van der Waals surface area contributed by atoms with Gasteiger partial charge in [0.25, 0.3) is 10.0 Å². The summed E-state index contributed by atoms with van der Waals surface area (Å²) in [6.07, 6.45) is 2.49. The van der Waals surface area contributed by atoms with Crippen LogP contribution in [0.1, 0.15) is 34.5 Å². The third kappa shape index (κ3) is 3.96. The average molecular weight is 511 g/mol. The monoisotopic (exact) mass is 510 g/mol. The first-order valence-corrected chi connectivity index (χ1v) is 13.6. The van der Waals surface area contributed by atoms with Gasteiger partial charge in [0, 0.05) is 27.7 Å². The number of amides is 1. The quantitative estimate of drug-likeness (QED) is 0.479. The Morgan fingerprint density at radius 3 is 2.84 bits per heavy atom. The molecular weight excluding hydrogens is 492 g/mol. The summed E-state index contributed by atoms with van der Waals surface area (Å²) in [6, 6.07) is 6.47. The predicted octanol–water partition coefficient (Wildman–Crippen LogP) is 4.19. The Hall–Kier alpha value is -1.92. The zero-order valence-corrected chi connectivity index (χ0v) is 20.1. The Balaban J connectivity index is 1.30. The maximum atomic E-state index is 13.1. The molecule has 32 heavy (non-hydrogen) atoms. The number of nitrogens with zero attached hydrogens (tertiary/aromatic N) is 4. The number of thiazole rings is 1. The van der Waals surface area contributed by atoms with E-state index in [0.717, 1.165) is 49.8 Å². The van der Waals surface area contributed by atoms with E-state index in [4.69, 9.17) is 11.6 Å². The molecule has 0 saturated carbocycles. The number of thiophene rings is 1. The molecule has 1 amide bonds. The van der Waals surface area contributed by atoms with E-state index in [1.165, 1.54) is 15.6 Å². The van der Waals surface area contributed by atoms with Crippen LogP contribution < -0.4 is 0 Å². The average Bonchev–Trinajstić information content (AvgIpc) is 3.38. The number of fused-ring (bicyclic) bond motifs is 2. The van der Waals surface area contributed by atoms with Crippen molar-refractivity contribution in [2.75, 3.05) is 19.6 Å². The first-order valence-electron chi connectivity index (χ1n) is 10.1. The van der Waals surface area contributed by atoms with E-state index in [9.17, 15) is 18.1 Å². The van der Waals surface area contributed by atoms with Gasteiger partial charge in [0.15, 0.2) is 0 Å². The Morgan fingerprint density at radius 1 is 1.22 bits per heavy atom. The van der Waals surface area contributed by atoms with Crippen molar-refractivity contribution in [3.63, 3.8) is 0 Å². The van der Waals surface area contributed by atoms with Gasteiger partial charge in [-0.25, -0.2) is 13.4 Å². The summed E-state index contributed by atoms with van der Waals surface area (Å²) in [5.41, 5.74) is 0.741. The van der Waals surface area contributed by atoms with Crippen LogP contribution in [0.5, 0.6) is 0 Å². The van der Waals surface area contributed by atoms with Gasteiger partial charge in [0.1, 0.15) is 15.3 Å². The molecule has 1 unspecified atom stereocenters. The predicted molar refractivity (Wildman–Crippen MR) is 125 cm³/mol. The van der Waals surface area contributed by atoms with Crippen LogP contribution in [0.25, 0.3) is 10.1 Å². The van der Waals surface area contributed by atoms with Crippen molar-refractivity contribution in [1.82, 2.24) is 14.2 Å². The van der Waals surface area contributed by atoms with Crippen LogP contribution in [0.3, 0.4) is 0 Å². The molecule has 0 spiro atoms. The third-order valence-corrected chi connectivity index (χ3v) is 10.5. The summed E-state index contributed by atoms with van der Waals surface area (Å²) in [4.78, 5) is 31.1. The number of aromatic nitrogens is 1. The summed E-state index contributed by atoms with van der Waals surface area (Å²) in [6.45, 7) is 0.610. The number of aryl methyl sites for hydroxylation is 1. The molecule has 0 N–H and O–H groups in total. The van der Waals surface area contributed by atoms with Crippen molar-refractivity contribution in [1.29, 1.82) is 0 Å². The number of halogens is 1. The van der Waals surface area contributed by atoms with E-state index >= 15 is 0 Å². The van der Waals surface area contributed by atoms with Crippen LogP contribution in [-0.2, 0) is 27.8 Å². The topological polar surface area (TPSA) is 100 Å². The molecule has 1 saturated heterocycles. The Kier molecular flexibility index (Phi) is 5.79. The molecule has 2 aliphatic rings. The summed E-state index contributed by atoms with van der Waals surface area (Å²) >= 11 is 8.68. The Labute approximate surface area is 197 Å². The molecule has 3 heterocycles. The number of piperazine rings is 1. The van der Waals surface area contributed by atoms with Crippen LogP contribution in [0.4, 0.5) is 0 Å². The van der Waals surface area contributed by atoms with E-state index in [1.54, 1.807) is 29.2 Å². The number of hydrogen-bond donors (Lipinski definition) is 0. The molecule has 8 nitrogen and oxygen atoms in total. The fourth-order valence-electron chi connectivity index (χ4n) is 4.07. The fraction of sp³-hybridized carbons (Fsp3) is 0.400. The molecule has 0 radical (unpaired) electrons.